The number of piperazine rings is 1. The Morgan fingerprint density at radius 2 is 1.54 bits per heavy atom. The summed E-state index contributed by atoms with van der Waals surface area (Å²) in [6, 6.07) is -0.604. The van der Waals surface area contributed by atoms with Gasteiger partial charge < -0.3 is 14.5 Å². The highest BCUT2D eigenvalue weighted by Gasteiger charge is 2.39. The molecule has 1 unspecified atom stereocenters. The molecule has 2 heterocycles. The van der Waals surface area contributed by atoms with Gasteiger partial charge >= 0.3 is 6.09 Å². The molecule has 9 heteroatoms. The molecule has 24 heavy (non-hydrogen) atoms. The van der Waals surface area contributed by atoms with Gasteiger partial charge in [-0.25, -0.2) is 13.2 Å². The van der Waals surface area contributed by atoms with Crippen LogP contribution in [0.2, 0.25) is 0 Å². The molecule has 0 aromatic heterocycles. The fourth-order valence-corrected chi connectivity index (χ4v) is 4.15. The van der Waals surface area contributed by atoms with Gasteiger partial charge in [-0.2, -0.15) is 4.31 Å². The molecule has 2 rings (SSSR count). The van der Waals surface area contributed by atoms with Crippen LogP contribution in [0.5, 0.6) is 0 Å². The standard InChI is InChI=1S/C15H27N3O5S/c1-15(2,3)23-14(20)17-10-8-16(9-11-17)13(19)12-6-5-7-18(12)24(4,21)22/h12H,5-11H2,1-4H3. The summed E-state index contributed by atoms with van der Waals surface area (Å²) in [5, 5.41) is 0. The van der Waals surface area contributed by atoms with Crippen molar-refractivity contribution in [1.82, 2.24) is 14.1 Å². The summed E-state index contributed by atoms with van der Waals surface area (Å²) in [5.74, 6) is -0.165. The molecular weight excluding hydrogens is 334 g/mol. The van der Waals surface area contributed by atoms with Gasteiger partial charge in [0.1, 0.15) is 11.6 Å². The van der Waals surface area contributed by atoms with E-state index in [0.29, 0.717) is 45.6 Å². The van der Waals surface area contributed by atoms with Crippen molar-refractivity contribution in [3.05, 3.63) is 0 Å². The second-order valence-electron chi connectivity index (χ2n) is 7.32. The first-order valence-corrected chi connectivity index (χ1v) is 10.1. The molecule has 0 aliphatic carbocycles. The highest BCUT2D eigenvalue weighted by molar-refractivity contribution is 7.88. The van der Waals surface area contributed by atoms with E-state index in [4.69, 9.17) is 4.74 Å². The van der Waals surface area contributed by atoms with Crippen molar-refractivity contribution in [2.45, 2.75) is 45.3 Å². The van der Waals surface area contributed by atoms with Gasteiger partial charge in [-0.3, -0.25) is 4.79 Å². The quantitative estimate of drug-likeness (QED) is 0.714. The van der Waals surface area contributed by atoms with E-state index in [1.807, 2.05) is 20.8 Å². The van der Waals surface area contributed by atoms with E-state index in [-0.39, 0.29) is 12.0 Å². The van der Waals surface area contributed by atoms with Crippen molar-refractivity contribution in [2.75, 3.05) is 39.0 Å². The Kier molecular flexibility index (Phi) is 5.44. The molecule has 0 bridgehead atoms. The van der Waals surface area contributed by atoms with Crippen molar-refractivity contribution >= 4 is 22.0 Å². The fourth-order valence-electron chi connectivity index (χ4n) is 3.03. The zero-order chi connectivity index (χ0) is 18.1. The Labute approximate surface area is 143 Å². The van der Waals surface area contributed by atoms with Gasteiger partial charge in [0.2, 0.25) is 15.9 Å². The largest absolute Gasteiger partial charge is 0.444 e. The minimum Gasteiger partial charge on any atom is -0.444 e. The van der Waals surface area contributed by atoms with Crippen LogP contribution in [0.3, 0.4) is 0 Å². The van der Waals surface area contributed by atoms with Crippen LogP contribution < -0.4 is 0 Å². The lowest BCUT2D eigenvalue weighted by Gasteiger charge is -2.37. The summed E-state index contributed by atoms with van der Waals surface area (Å²) in [5.41, 5.74) is -0.552. The summed E-state index contributed by atoms with van der Waals surface area (Å²) >= 11 is 0. The number of hydrogen-bond acceptors (Lipinski definition) is 5. The first-order chi connectivity index (χ1) is 11.0. The molecule has 8 nitrogen and oxygen atoms in total. The Bertz CT molecular complexity index is 591. The number of hydrogen-bond donors (Lipinski definition) is 0. The van der Waals surface area contributed by atoms with Crippen molar-refractivity contribution in [2.24, 2.45) is 0 Å². The summed E-state index contributed by atoms with van der Waals surface area (Å²) in [6.07, 6.45) is 2.01. The van der Waals surface area contributed by atoms with Crippen LogP contribution in [0.25, 0.3) is 0 Å². The zero-order valence-electron chi connectivity index (χ0n) is 14.8. The minimum absolute atomic E-state index is 0.165. The molecule has 0 N–H and O–H groups in total. The number of ether oxygens (including phenoxy) is 1. The predicted molar refractivity (Wildman–Crippen MR) is 89.0 cm³/mol. The number of rotatable bonds is 2. The van der Waals surface area contributed by atoms with Crippen molar-refractivity contribution in [3.8, 4) is 0 Å². The van der Waals surface area contributed by atoms with Crippen LogP contribution in [-0.2, 0) is 19.6 Å². The van der Waals surface area contributed by atoms with Gasteiger partial charge in [-0.1, -0.05) is 0 Å². The first kappa shape index (κ1) is 19.0. The highest BCUT2D eigenvalue weighted by atomic mass is 32.2. The third-order valence-electron chi connectivity index (χ3n) is 4.16. The highest BCUT2D eigenvalue weighted by Crippen LogP contribution is 2.23. The summed E-state index contributed by atoms with van der Waals surface area (Å²) < 4.78 is 30.2. The first-order valence-electron chi connectivity index (χ1n) is 8.22. The second kappa shape index (κ2) is 6.87. The molecule has 0 aromatic rings. The summed E-state index contributed by atoms with van der Waals surface area (Å²) in [6.45, 7) is 7.41. The summed E-state index contributed by atoms with van der Waals surface area (Å²) in [4.78, 5) is 27.9. The Balaban J connectivity index is 1.92. The van der Waals surface area contributed by atoms with E-state index in [9.17, 15) is 18.0 Å². The molecule has 0 aromatic carbocycles. The Morgan fingerprint density at radius 3 is 2.04 bits per heavy atom. The average Bonchev–Trinajstić information content (AvgIpc) is 2.94. The Morgan fingerprint density at radius 1 is 1.00 bits per heavy atom. The van der Waals surface area contributed by atoms with Gasteiger partial charge in [0.05, 0.1) is 6.26 Å². The van der Waals surface area contributed by atoms with E-state index in [1.165, 1.54) is 4.31 Å². The molecule has 1 atom stereocenters. The van der Waals surface area contributed by atoms with Gasteiger partial charge in [0, 0.05) is 32.7 Å². The van der Waals surface area contributed by atoms with Crippen LogP contribution >= 0.6 is 0 Å². The number of carbonyl (C=O) groups excluding carboxylic acids is 2. The normalized spacial score (nSPS) is 23.4. The number of amides is 2. The van der Waals surface area contributed by atoms with Crippen LogP contribution in [-0.4, -0.2) is 85.1 Å². The van der Waals surface area contributed by atoms with Crippen LogP contribution in [0, 0.1) is 0 Å². The molecule has 0 saturated carbocycles. The third kappa shape index (κ3) is 4.60. The molecule has 2 saturated heterocycles. The topological polar surface area (TPSA) is 87.2 Å². The summed E-state index contributed by atoms with van der Waals surface area (Å²) in [7, 11) is -3.38. The lowest BCUT2D eigenvalue weighted by Crippen LogP contribution is -2.55. The maximum Gasteiger partial charge on any atom is 0.410 e. The predicted octanol–water partition coefficient (Wildman–Crippen LogP) is 0.490. The van der Waals surface area contributed by atoms with Crippen molar-refractivity contribution in [3.63, 3.8) is 0 Å². The SMILES string of the molecule is CC(C)(C)OC(=O)N1CCN(C(=O)C2CCCN2S(C)(=O)=O)CC1. The van der Waals surface area contributed by atoms with Crippen molar-refractivity contribution in [1.29, 1.82) is 0 Å². The smallest absolute Gasteiger partial charge is 0.410 e. The minimum atomic E-state index is -3.38. The monoisotopic (exact) mass is 361 g/mol. The lowest BCUT2D eigenvalue weighted by atomic mass is 10.2. The molecule has 2 aliphatic rings. The van der Waals surface area contributed by atoms with E-state index in [2.05, 4.69) is 0 Å². The molecule has 2 amide bonds. The van der Waals surface area contributed by atoms with Crippen LogP contribution in [0.15, 0.2) is 0 Å². The van der Waals surface area contributed by atoms with E-state index < -0.39 is 21.7 Å². The second-order valence-corrected chi connectivity index (χ2v) is 9.26. The molecule has 2 aliphatic heterocycles. The molecule has 0 radical (unpaired) electrons. The third-order valence-corrected chi connectivity index (χ3v) is 5.45. The molecule has 0 spiro atoms. The van der Waals surface area contributed by atoms with Gasteiger partial charge in [-0.05, 0) is 33.6 Å². The Hall–Kier alpha value is -1.35. The number of carbonyl (C=O) groups is 2. The zero-order valence-corrected chi connectivity index (χ0v) is 15.6. The maximum atomic E-state index is 12.6. The van der Waals surface area contributed by atoms with Gasteiger partial charge in [0.15, 0.2) is 0 Å². The molecule has 138 valence electrons. The van der Waals surface area contributed by atoms with Gasteiger partial charge in [-0.15, -0.1) is 0 Å². The van der Waals surface area contributed by atoms with E-state index >= 15 is 0 Å². The molecule has 2 fully saturated rings. The van der Waals surface area contributed by atoms with Gasteiger partial charge in [0.25, 0.3) is 0 Å². The average molecular weight is 361 g/mol. The van der Waals surface area contributed by atoms with Crippen LogP contribution in [0.1, 0.15) is 33.6 Å². The van der Waals surface area contributed by atoms with Crippen molar-refractivity contribution < 1.29 is 22.7 Å². The van der Waals surface area contributed by atoms with Crippen LogP contribution in [0.4, 0.5) is 4.79 Å². The number of sulfonamides is 1. The molecular formula is C15H27N3O5S. The fraction of sp³-hybridized carbons (Fsp3) is 0.867. The number of nitrogens with zero attached hydrogens (tertiary/aromatic N) is 3. The van der Waals surface area contributed by atoms with E-state index in [0.717, 1.165) is 6.26 Å². The lowest BCUT2D eigenvalue weighted by molar-refractivity contribution is -0.136. The van der Waals surface area contributed by atoms with E-state index in [1.54, 1.807) is 9.80 Å². The maximum absolute atomic E-state index is 12.6.